The molecule has 0 radical (unpaired) electrons. The molecule has 0 bridgehead atoms. The second kappa shape index (κ2) is 5.80. The van der Waals surface area contributed by atoms with Crippen LogP contribution in [0.5, 0.6) is 5.75 Å². The lowest BCUT2D eigenvalue weighted by Crippen LogP contribution is -2.48. The van der Waals surface area contributed by atoms with E-state index in [-0.39, 0.29) is 5.75 Å². The van der Waals surface area contributed by atoms with Gasteiger partial charge in [-0.3, -0.25) is 14.6 Å². The average Bonchev–Trinajstić information content (AvgIpc) is 2.27. The van der Waals surface area contributed by atoms with Crippen molar-refractivity contribution >= 4 is 17.9 Å². The summed E-state index contributed by atoms with van der Waals surface area (Å²) >= 11 is 0. The smallest absolute Gasteiger partial charge is 0.349 e. The van der Waals surface area contributed by atoms with E-state index >= 15 is 0 Å². The number of ether oxygens (including phenoxy) is 1. The number of carboxylic acids is 3. The Hall–Kier alpha value is -2.64. The Morgan fingerprint density at radius 1 is 1.05 bits per heavy atom. The minimum Gasteiger partial charge on any atom is -0.481 e. The van der Waals surface area contributed by atoms with Gasteiger partial charge >= 0.3 is 17.9 Å². The van der Waals surface area contributed by atoms with Gasteiger partial charge in [-0.05, 0) is 12.1 Å². The fourth-order valence-electron chi connectivity index (χ4n) is 1.45. The summed E-state index contributed by atoms with van der Waals surface area (Å²) in [6.45, 7) is 0. The lowest BCUT2D eigenvalue weighted by Gasteiger charge is -2.27. The number of aliphatic carboxylic acids is 3. The first-order valence-corrected chi connectivity index (χ1v) is 5.12. The van der Waals surface area contributed by atoms with E-state index in [0.717, 1.165) is 0 Å². The molecule has 0 unspecified atom stereocenters. The third-order valence-electron chi connectivity index (χ3n) is 2.23. The molecule has 3 N–H and O–H groups in total. The minimum absolute atomic E-state index is 0.0277. The van der Waals surface area contributed by atoms with Crippen molar-refractivity contribution in [2.75, 3.05) is 0 Å². The van der Waals surface area contributed by atoms with Crippen molar-refractivity contribution in [2.45, 2.75) is 18.4 Å². The fraction of sp³-hybridized carbons (Fsp3) is 0.273. The monoisotopic (exact) mass is 269 g/mol. The third kappa shape index (κ3) is 3.95. The van der Waals surface area contributed by atoms with Crippen LogP contribution in [-0.2, 0) is 14.4 Å². The number of hydrogen-bond acceptors (Lipinski definition) is 5. The molecule has 0 aliphatic heterocycles. The van der Waals surface area contributed by atoms with Gasteiger partial charge in [-0.25, -0.2) is 4.79 Å². The highest BCUT2D eigenvalue weighted by Crippen LogP contribution is 2.25. The quantitative estimate of drug-likeness (QED) is 0.640. The van der Waals surface area contributed by atoms with Crippen molar-refractivity contribution in [3.05, 3.63) is 24.5 Å². The number of aromatic nitrogens is 1. The molecular formula is C11H11NO7. The Labute approximate surface area is 107 Å². The van der Waals surface area contributed by atoms with E-state index in [4.69, 9.17) is 20.1 Å². The van der Waals surface area contributed by atoms with E-state index in [9.17, 15) is 14.4 Å². The van der Waals surface area contributed by atoms with E-state index in [1.54, 1.807) is 0 Å². The van der Waals surface area contributed by atoms with Crippen molar-refractivity contribution in [3.8, 4) is 5.75 Å². The molecule has 0 atom stereocenters. The lowest BCUT2D eigenvalue weighted by molar-refractivity contribution is -0.167. The van der Waals surface area contributed by atoms with Gasteiger partial charge in [0.25, 0.3) is 0 Å². The predicted molar refractivity (Wildman–Crippen MR) is 59.7 cm³/mol. The normalized spacial score (nSPS) is 10.7. The van der Waals surface area contributed by atoms with Crippen LogP contribution >= 0.6 is 0 Å². The molecule has 0 saturated carbocycles. The average molecular weight is 269 g/mol. The number of hydrogen-bond donors (Lipinski definition) is 3. The highest BCUT2D eigenvalue weighted by Gasteiger charge is 2.45. The summed E-state index contributed by atoms with van der Waals surface area (Å²) in [5, 5.41) is 26.6. The molecule has 1 aromatic heterocycles. The molecule has 0 amide bonds. The Morgan fingerprint density at radius 2 is 1.53 bits per heavy atom. The molecule has 1 rings (SSSR count). The van der Waals surface area contributed by atoms with Gasteiger partial charge in [0.1, 0.15) is 5.75 Å². The first-order chi connectivity index (χ1) is 8.85. The van der Waals surface area contributed by atoms with Crippen LogP contribution in [-0.4, -0.2) is 43.8 Å². The molecule has 8 nitrogen and oxygen atoms in total. The molecule has 0 aliphatic rings. The van der Waals surface area contributed by atoms with Crippen molar-refractivity contribution < 1.29 is 34.4 Å². The summed E-state index contributed by atoms with van der Waals surface area (Å²) in [6, 6.07) is 2.61. The maximum Gasteiger partial charge on any atom is 0.349 e. The summed E-state index contributed by atoms with van der Waals surface area (Å²) in [4.78, 5) is 36.4. The van der Waals surface area contributed by atoms with Gasteiger partial charge in [0.2, 0.25) is 5.60 Å². The van der Waals surface area contributed by atoms with Crippen LogP contribution in [0.4, 0.5) is 0 Å². The number of nitrogens with zero attached hydrogens (tertiary/aromatic N) is 1. The van der Waals surface area contributed by atoms with E-state index < -0.39 is 36.4 Å². The Bertz CT molecular complexity index is 469. The zero-order chi connectivity index (χ0) is 14.5. The summed E-state index contributed by atoms with van der Waals surface area (Å²) in [5.41, 5.74) is -2.36. The maximum absolute atomic E-state index is 11.2. The van der Waals surface area contributed by atoms with Crippen molar-refractivity contribution in [1.82, 2.24) is 4.98 Å². The second-order valence-electron chi connectivity index (χ2n) is 3.73. The Balaban J connectivity index is 3.11. The van der Waals surface area contributed by atoms with E-state index in [1.807, 2.05) is 0 Å². The number of carboxylic acid groups (broad SMARTS) is 3. The van der Waals surface area contributed by atoms with Crippen LogP contribution in [0.15, 0.2) is 24.5 Å². The zero-order valence-corrected chi connectivity index (χ0v) is 9.65. The van der Waals surface area contributed by atoms with E-state index in [1.165, 1.54) is 24.5 Å². The molecule has 8 heteroatoms. The van der Waals surface area contributed by atoms with Crippen molar-refractivity contribution in [1.29, 1.82) is 0 Å². The zero-order valence-electron chi connectivity index (χ0n) is 9.65. The van der Waals surface area contributed by atoms with Crippen LogP contribution < -0.4 is 4.74 Å². The molecule has 1 aromatic rings. The molecule has 102 valence electrons. The van der Waals surface area contributed by atoms with E-state index in [2.05, 4.69) is 4.98 Å². The topological polar surface area (TPSA) is 134 Å². The first kappa shape index (κ1) is 14.4. The van der Waals surface area contributed by atoms with E-state index in [0.29, 0.717) is 0 Å². The number of pyridine rings is 1. The van der Waals surface area contributed by atoms with Gasteiger partial charge in [-0.2, -0.15) is 0 Å². The first-order valence-electron chi connectivity index (χ1n) is 5.12. The van der Waals surface area contributed by atoms with Crippen molar-refractivity contribution in [2.24, 2.45) is 0 Å². The van der Waals surface area contributed by atoms with Gasteiger partial charge in [0.05, 0.1) is 12.8 Å². The highest BCUT2D eigenvalue weighted by atomic mass is 16.5. The largest absolute Gasteiger partial charge is 0.481 e. The van der Waals surface area contributed by atoms with Crippen LogP contribution in [0.1, 0.15) is 12.8 Å². The second-order valence-corrected chi connectivity index (χ2v) is 3.73. The number of carbonyl (C=O) groups is 3. The summed E-state index contributed by atoms with van der Waals surface area (Å²) in [6.07, 6.45) is 0.668. The Morgan fingerprint density at radius 3 is 1.89 bits per heavy atom. The molecule has 0 spiro atoms. The van der Waals surface area contributed by atoms with Gasteiger partial charge in [0.15, 0.2) is 0 Å². The molecule has 0 saturated heterocycles. The summed E-state index contributed by atoms with van der Waals surface area (Å²) in [5.74, 6) is -4.58. The molecule has 1 heterocycles. The van der Waals surface area contributed by atoms with Crippen LogP contribution in [0.3, 0.4) is 0 Å². The van der Waals surface area contributed by atoms with Crippen molar-refractivity contribution in [3.63, 3.8) is 0 Å². The standard InChI is InChI=1S/C11H11NO7/c13-8(14)5-11(10(17)18,6-9(15)16)19-7-1-3-12-4-2-7/h1-4H,5-6H2,(H,13,14)(H,15,16)(H,17,18). The van der Waals surface area contributed by atoms with Gasteiger partial charge in [-0.15, -0.1) is 0 Å². The lowest BCUT2D eigenvalue weighted by atomic mass is 9.95. The summed E-state index contributed by atoms with van der Waals surface area (Å²) < 4.78 is 5.08. The molecule has 0 fully saturated rings. The van der Waals surface area contributed by atoms with Crippen LogP contribution in [0, 0.1) is 0 Å². The summed E-state index contributed by atoms with van der Waals surface area (Å²) in [7, 11) is 0. The molecular weight excluding hydrogens is 258 g/mol. The predicted octanol–water partition coefficient (Wildman–Crippen LogP) is 0.233. The minimum atomic E-state index is -2.36. The SMILES string of the molecule is O=C(O)CC(CC(=O)O)(Oc1ccncc1)C(=O)O. The van der Waals surface area contributed by atoms with Crippen LogP contribution in [0.2, 0.25) is 0 Å². The van der Waals surface area contributed by atoms with Gasteiger partial charge in [0, 0.05) is 12.4 Å². The molecule has 0 aliphatic carbocycles. The third-order valence-corrected chi connectivity index (χ3v) is 2.23. The maximum atomic E-state index is 11.2. The Kier molecular flexibility index (Phi) is 4.41. The fourth-order valence-corrected chi connectivity index (χ4v) is 1.45. The van der Waals surface area contributed by atoms with Gasteiger partial charge in [-0.1, -0.05) is 0 Å². The molecule has 0 aromatic carbocycles. The highest BCUT2D eigenvalue weighted by molar-refractivity contribution is 5.88. The van der Waals surface area contributed by atoms with Crippen LogP contribution in [0.25, 0.3) is 0 Å². The molecule has 19 heavy (non-hydrogen) atoms. The van der Waals surface area contributed by atoms with Gasteiger partial charge < -0.3 is 20.1 Å². The number of rotatable bonds is 7.